The number of aliphatic hydroxyl groups excluding tert-OH is 1. The van der Waals surface area contributed by atoms with Crippen molar-refractivity contribution in [2.24, 2.45) is 23.7 Å². The lowest BCUT2D eigenvalue weighted by molar-refractivity contribution is -0.134. The molecule has 0 spiro atoms. The Morgan fingerprint density at radius 2 is 1.91 bits per heavy atom. The normalized spacial score (nSPS) is 28.2. The second-order valence-corrected chi connectivity index (χ2v) is 9.10. The number of carbonyl (C=O) groups is 1. The summed E-state index contributed by atoms with van der Waals surface area (Å²) in [6.07, 6.45) is 15.7. The lowest BCUT2D eigenvalue weighted by Gasteiger charge is -2.46. The molecule has 0 aromatic rings. The van der Waals surface area contributed by atoms with E-state index in [9.17, 15) is 9.90 Å². The summed E-state index contributed by atoms with van der Waals surface area (Å²) in [7, 11) is 3.15. The first-order valence-corrected chi connectivity index (χ1v) is 11.6. The zero-order valence-corrected chi connectivity index (χ0v) is 20.5. The van der Waals surface area contributed by atoms with E-state index in [0.29, 0.717) is 11.8 Å². The third-order valence-electron chi connectivity index (χ3n) is 7.11. The summed E-state index contributed by atoms with van der Waals surface area (Å²) >= 11 is 0. The topological polar surface area (TPSA) is 55.8 Å². The van der Waals surface area contributed by atoms with Crippen LogP contribution in [0.5, 0.6) is 0 Å². The van der Waals surface area contributed by atoms with Crippen LogP contribution in [0, 0.1) is 23.7 Å². The molecule has 1 N–H and O–H groups in total. The molecule has 0 aromatic heterocycles. The van der Waals surface area contributed by atoms with Crippen LogP contribution in [0.25, 0.3) is 0 Å². The Morgan fingerprint density at radius 1 is 1.22 bits per heavy atom. The first-order valence-electron chi connectivity index (χ1n) is 11.6. The van der Waals surface area contributed by atoms with E-state index in [1.54, 1.807) is 13.2 Å². The molecule has 0 amide bonds. The highest BCUT2D eigenvalue weighted by molar-refractivity contribution is 5.82. The molecule has 0 saturated heterocycles. The van der Waals surface area contributed by atoms with Crippen molar-refractivity contribution >= 4 is 5.97 Å². The third-order valence-corrected chi connectivity index (χ3v) is 7.11. The van der Waals surface area contributed by atoms with E-state index in [1.165, 1.54) is 24.3 Å². The molecule has 32 heavy (non-hydrogen) atoms. The molecule has 0 radical (unpaired) electrons. The lowest BCUT2D eigenvalue weighted by Crippen LogP contribution is -2.42. The molecule has 2 aliphatic carbocycles. The average molecular weight is 441 g/mol. The van der Waals surface area contributed by atoms with Crippen LogP contribution < -0.4 is 0 Å². The average Bonchev–Trinajstić information content (AvgIpc) is 2.79. The largest absolute Gasteiger partial charge is 0.466 e. The van der Waals surface area contributed by atoms with E-state index in [1.807, 2.05) is 18.2 Å². The zero-order chi connectivity index (χ0) is 23.8. The van der Waals surface area contributed by atoms with Crippen LogP contribution in [-0.4, -0.2) is 37.5 Å². The van der Waals surface area contributed by atoms with Gasteiger partial charge in [0.15, 0.2) is 0 Å². The fourth-order valence-corrected chi connectivity index (χ4v) is 5.11. The number of methoxy groups -OCH3 is 2. The number of hydrogen-bond donors (Lipinski definition) is 1. The maximum atomic E-state index is 11.2. The summed E-state index contributed by atoms with van der Waals surface area (Å²) in [6.45, 7) is 12.9. The van der Waals surface area contributed by atoms with Crippen molar-refractivity contribution in [3.63, 3.8) is 0 Å². The number of fused-ring (bicyclic) bond motifs is 1. The Kier molecular flexibility index (Phi) is 9.92. The second-order valence-electron chi connectivity index (χ2n) is 9.10. The van der Waals surface area contributed by atoms with Gasteiger partial charge in [-0.05, 0) is 61.2 Å². The van der Waals surface area contributed by atoms with E-state index < -0.39 is 6.10 Å². The fraction of sp³-hybridized carbons (Fsp3) is 0.536. The minimum atomic E-state index is -0.575. The van der Waals surface area contributed by atoms with Gasteiger partial charge in [0.2, 0.25) is 0 Å². The summed E-state index contributed by atoms with van der Waals surface area (Å²) in [5, 5.41) is 11.0. The van der Waals surface area contributed by atoms with Crippen LogP contribution in [0.15, 0.2) is 71.4 Å². The van der Waals surface area contributed by atoms with Gasteiger partial charge in [0, 0.05) is 19.1 Å². The molecule has 2 rings (SSSR count). The maximum Gasteiger partial charge on any atom is 0.330 e. The highest BCUT2D eigenvalue weighted by atomic mass is 16.5. The van der Waals surface area contributed by atoms with Crippen LogP contribution in [0.3, 0.4) is 0 Å². The number of allylic oxidation sites excluding steroid dienone is 7. The van der Waals surface area contributed by atoms with Crippen molar-refractivity contribution in [1.82, 2.24) is 0 Å². The molecule has 4 nitrogen and oxygen atoms in total. The highest BCUT2D eigenvalue weighted by Gasteiger charge is 2.44. The molecule has 2 aliphatic rings. The van der Waals surface area contributed by atoms with Crippen LogP contribution in [0.2, 0.25) is 0 Å². The quantitative estimate of drug-likeness (QED) is 0.215. The molecular weight excluding hydrogens is 400 g/mol. The standard InChI is InChI=1S/C28H40O4/c1-8-19(3)27(30)20(4)26-21(5)28(32-7)24-17-18(2)15-16-22(24)23(26)13-11-9-10-12-14-25(29)31-6/h9-15,19,22-24,27-28,30H,4,8,16-17H2,1-3,5-7H3/b10-9+,13-11+,14-12+/t19-,22+,23+,24-,27-,28?/m1/s1. The molecule has 0 bridgehead atoms. The molecule has 0 aromatic carbocycles. The van der Waals surface area contributed by atoms with E-state index in [2.05, 4.69) is 51.2 Å². The molecule has 176 valence electrons. The monoisotopic (exact) mass is 440 g/mol. The molecule has 0 saturated carbocycles. The maximum absolute atomic E-state index is 11.2. The minimum absolute atomic E-state index is 0.0303. The van der Waals surface area contributed by atoms with Gasteiger partial charge < -0.3 is 14.6 Å². The number of rotatable bonds is 9. The molecule has 0 heterocycles. The summed E-state index contributed by atoms with van der Waals surface area (Å²) in [5.41, 5.74) is 4.54. The van der Waals surface area contributed by atoms with Gasteiger partial charge in [-0.15, -0.1) is 0 Å². The third kappa shape index (κ3) is 5.99. The number of aliphatic hydroxyl groups is 1. The summed E-state index contributed by atoms with van der Waals surface area (Å²) in [6, 6.07) is 0. The Bertz CT molecular complexity index is 826. The van der Waals surface area contributed by atoms with Crippen molar-refractivity contribution < 1.29 is 19.4 Å². The number of esters is 1. The van der Waals surface area contributed by atoms with Gasteiger partial charge in [-0.1, -0.05) is 68.9 Å². The van der Waals surface area contributed by atoms with E-state index in [-0.39, 0.29) is 23.9 Å². The molecule has 1 unspecified atom stereocenters. The molecule has 4 heteroatoms. The highest BCUT2D eigenvalue weighted by Crippen LogP contribution is 2.50. The predicted molar refractivity (Wildman–Crippen MR) is 131 cm³/mol. The van der Waals surface area contributed by atoms with Gasteiger partial charge in [0.1, 0.15) is 0 Å². The first-order chi connectivity index (χ1) is 15.3. The van der Waals surface area contributed by atoms with E-state index >= 15 is 0 Å². The minimum Gasteiger partial charge on any atom is -0.466 e. The smallest absolute Gasteiger partial charge is 0.330 e. The second kappa shape index (κ2) is 12.2. The number of hydrogen-bond acceptors (Lipinski definition) is 4. The Morgan fingerprint density at radius 3 is 2.53 bits per heavy atom. The van der Waals surface area contributed by atoms with Crippen molar-refractivity contribution in [2.75, 3.05) is 14.2 Å². The van der Waals surface area contributed by atoms with Crippen LogP contribution in [0.4, 0.5) is 0 Å². The van der Waals surface area contributed by atoms with Gasteiger partial charge in [-0.3, -0.25) is 0 Å². The van der Waals surface area contributed by atoms with Gasteiger partial charge in [0.05, 0.1) is 19.3 Å². The molecule has 0 aliphatic heterocycles. The first kappa shape index (κ1) is 26.1. The zero-order valence-electron chi connectivity index (χ0n) is 20.5. The SMILES string of the molecule is C=C(C1=C(C)C(OC)[C@@H]2CC(C)=CC[C@H]2[C@@H]1/C=C/C=C/C=C/C(=O)OC)[C@H](O)[C@H](C)CC. The summed E-state index contributed by atoms with van der Waals surface area (Å²) in [4.78, 5) is 11.2. The molecular formula is C28H40O4. The Balaban J connectivity index is 2.43. The van der Waals surface area contributed by atoms with E-state index in [4.69, 9.17) is 4.74 Å². The van der Waals surface area contributed by atoms with Crippen LogP contribution in [-0.2, 0) is 14.3 Å². The van der Waals surface area contributed by atoms with Gasteiger partial charge >= 0.3 is 5.97 Å². The number of carbonyl (C=O) groups excluding carboxylic acids is 1. The van der Waals surface area contributed by atoms with Gasteiger partial charge in [-0.2, -0.15) is 0 Å². The molecule has 6 atom stereocenters. The Labute approximate surface area is 194 Å². The summed E-state index contributed by atoms with van der Waals surface area (Å²) < 4.78 is 10.6. The van der Waals surface area contributed by atoms with Crippen LogP contribution in [0.1, 0.15) is 47.0 Å². The van der Waals surface area contributed by atoms with Gasteiger partial charge in [-0.25, -0.2) is 4.79 Å². The predicted octanol–water partition coefficient (Wildman–Crippen LogP) is 5.73. The van der Waals surface area contributed by atoms with Crippen molar-refractivity contribution in [1.29, 1.82) is 0 Å². The lowest BCUT2D eigenvalue weighted by atomic mass is 9.61. The van der Waals surface area contributed by atoms with Crippen molar-refractivity contribution in [2.45, 2.75) is 59.2 Å². The fourth-order valence-electron chi connectivity index (χ4n) is 5.11. The number of ether oxygens (including phenoxy) is 2. The Hall–Kier alpha value is -2.17. The van der Waals surface area contributed by atoms with Gasteiger partial charge in [0.25, 0.3) is 0 Å². The van der Waals surface area contributed by atoms with Crippen LogP contribution >= 0.6 is 0 Å². The van der Waals surface area contributed by atoms with Crippen molar-refractivity contribution in [3.05, 3.63) is 71.4 Å². The van der Waals surface area contributed by atoms with E-state index in [0.717, 1.165) is 30.4 Å². The van der Waals surface area contributed by atoms with Crippen molar-refractivity contribution in [3.8, 4) is 0 Å². The molecule has 0 fully saturated rings. The summed E-state index contributed by atoms with van der Waals surface area (Å²) in [5.74, 6) is 0.706.